The zero-order valence-corrected chi connectivity index (χ0v) is 18.0. The third-order valence-corrected chi connectivity index (χ3v) is 5.04. The topological polar surface area (TPSA) is 92.8 Å². The first-order chi connectivity index (χ1) is 15.8. The van der Waals surface area contributed by atoms with Gasteiger partial charge in [-0.3, -0.25) is 14.9 Å². The Balaban J connectivity index is 1.68. The van der Waals surface area contributed by atoms with E-state index in [-0.39, 0.29) is 11.3 Å². The number of barbiturate groups is 1. The summed E-state index contributed by atoms with van der Waals surface area (Å²) >= 11 is 0. The van der Waals surface area contributed by atoms with Gasteiger partial charge in [0.05, 0.1) is 11.3 Å². The van der Waals surface area contributed by atoms with Gasteiger partial charge in [0.15, 0.2) is 0 Å². The number of carbonyl (C=O) groups excluding carboxylic acids is 4. The minimum absolute atomic E-state index is 0.177. The number of anilines is 1. The second kappa shape index (κ2) is 8.92. The number of ether oxygens (including phenoxy) is 1. The number of aryl methyl sites for hydroxylation is 2. The van der Waals surface area contributed by atoms with E-state index in [0.29, 0.717) is 16.8 Å². The lowest BCUT2D eigenvalue weighted by molar-refractivity contribution is -0.122. The predicted octanol–water partition coefficient (Wildman–Crippen LogP) is 4.19. The Morgan fingerprint density at radius 2 is 1.58 bits per heavy atom. The third-order valence-electron chi connectivity index (χ3n) is 5.04. The van der Waals surface area contributed by atoms with Crippen molar-refractivity contribution >= 4 is 35.6 Å². The van der Waals surface area contributed by atoms with Crippen LogP contribution in [0.2, 0.25) is 0 Å². The maximum absolute atomic E-state index is 13.1. The molecule has 0 saturated carbocycles. The lowest BCUT2D eigenvalue weighted by Crippen LogP contribution is -2.54. The molecule has 1 N–H and O–H groups in total. The van der Waals surface area contributed by atoms with Gasteiger partial charge >= 0.3 is 12.0 Å². The molecule has 1 aliphatic heterocycles. The number of carbonyl (C=O) groups is 4. The molecule has 0 spiro atoms. The highest BCUT2D eigenvalue weighted by Crippen LogP contribution is 2.26. The molecule has 0 bridgehead atoms. The molecule has 4 amide bonds. The molecule has 7 nitrogen and oxygen atoms in total. The summed E-state index contributed by atoms with van der Waals surface area (Å²) in [4.78, 5) is 51.5. The second-order valence-corrected chi connectivity index (χ2v) is 7.59. The highest BCUT2D eigenvalue weighted by molar-refractivity contribution is 6.39. The first kappa shape index (κ1) is 21.7. The van der Waals surface area contributed by atoms with Gasteiger partial charge in [0, 0.05) is 5.56 Å². The fourth-order valence-electron chi connectivity index (χ4n) is 3.44. The molecule has 1 fully saturated rings. The van der Waals surface area contributed by atoms with Gasteiger partial charge in [-0.2, -0.15) is 0 Å². The Hall–Kier alpha value is -4.52. The Kier molecular flexibility index (Phi) is 5.87. The standard InChI is InChI=1S/C26H20N2O5/c1-16-7-5-10-19(13-16)25(31)33-22-12-4-3-9-18(22)15-21-23(29)27-26(32)28(24(21)30)20-11-6-8-17(2)14-20/h3-15H,1-2H3,(H,27,29,32)/b21-15-. The molecule has 3 aromatic carbocycles. The molecule has 164 valence electrons. The molecule has 0 radical (unpaired) electrons. The molecule has 3 aromatic rings. The molecular weight excluding hydrogens is 420 g/mol. The van der Waals surface area contributed by atoms with Crippen molar-refractivity contribution in [2.45, 2.75) is 13.8 Å². The summed E-state index contributed by atoms with van der Waals surface area (Å²) < 4.78 is 5.54. The first-order valence-electron chi connectivity index (χ1n) is 10.2. The number of nitrogens with one attached hydrogen (secondary N) is 1. The van der Waals surface area contributed by atoms with Crippen molar-refractivity contribution in [2.75, 3.05) is 4.90 Å². The van der Waals surface area contributed by atoms with E-state index in [2.05, 4.69) is 5.32 Å². The number of benzene rings is 3. The van der Waals surface area contributed by atoms with E-state index in [1.807, 2.05) is 26.0 Å². The van der Waals surface area contributed by atoms with Gasteiger partial charge in [0.25, 0.3) is 11.8 Å². The minimum Gasteiger partial charge on any atom is -0.422 e. The van der Waals surface area contributed by atoms with Crippen molar-refractivity contribution in [1.29, 1.82) is 0 Å². The van der Waals surface area contributed by atoms with Crippen LogP contribution in [0.4, 0.5) is 10.5 Å². The van der Waals surface area contributed by atoms with Crippen LogP contribution in [-0.4, -0.2) is 23.8 Å². The highest BCUT2D eigenvalue weighted by atomic mass is 16.5. The lowest BCUT2D eigenvalue weighted by atomic mass is 10.1. The molecule has 1 aliphatic rings. The average Bonchev–Trinajstić information content (AvgIpc) is 2.77. The summed E-state index contributed by atoms with van der Waals surface area (Å²) in [5.74, 6) is -1.99. The molecule has 33 heavy (non-hydrogen) atoms. The van der Waals surface area contributed by atoms with Crippen molar-refractivity contribution in [3.8, 4) is 5.75 Å². The number of hydrogen-bond acceptors (Lipinski definition) is 5. The van der Waals surface area contributed by atoms with Gasteiger partial charge < -0.3 is 4.74 Å². The van der Waals surface area contributed by atoms with E-state index in [4.69, 9.17) is 4.74 Å². The van der Waals surface area contributed by atoms with Crippen LogP contribution < -0.4 is 15.0 Å². The van der Waals surface area contributed by atoms with Crippen molar-refractivity contribution in [3.63, 3.8) is 0 Å². The molecular formula is C26H20N2O5. The molecule has 4 rings (SSSR count). The number of para-hydroxylation sites is 1. The lowest BCUT2D eigenvalue weighted by Gasteiger charge is -2.26. The average molecular weight is 440 g/mol. The van der Waals surface area contributed by atoms with E-state index >= 15 is 0 Å². The maximum Gasteiger partial charge on any atom is 0.343 e. The van der Waals surface area contributed by atoms with Crippen molar-refractivity contribution < 1.29 is 23.9 Å². The summed E-state index contributed by atoms with van der Waals surface area (Å²) in [6.07, 6.45) is 1.31. The Morgan fingerprint density at radius 1 is 0.879 bits per heavy atom. The number of rotatable bonds is 4. The third kappa shape index (κ3) is 4.57. The number of urea groups is 1. The van der Waals surface area contributed by atoms with Crippen LogP contribution >= 0.6 is 0 Å². The van der Waals surface area contributed by atoms with Gasteiger partial charge in [-0.15, -0.1) is 0 Å². The molecule has 0 atom stereocenters. The Labute approximate surface area is 190 Å². The van der Waals surface area contributed by atoms with Gasteiger partial charge in [0.2, 0.25) is 0 Å². The molecule has 7 heteroatoms. The second-order valence-electron chi connectivity index (χ2n) is 7.59. The fourth-order valence-corrected chi connectivity index (χ4v) is 3.44. The van der Waals surface area contributed by atoms with Crippen LogP contribution in [0.15, 0.2) is 78.4 Å². The predicted molar refractivity (Wildman–Crippen MR) is 123 cm³/mol. The van der Waals surface area contributed by atoms with E-state index < -0.39 is 23.8 Å². The van der Waals surface area contributed by atoms with Crippen molar-refractivity contribution in [1.82, 2.24) is 5.32 Å². The summed E-state index contributed by atoms with van der Waals surface area (Å²) in [6, 6.07) is 19.5. The molecule has 0 aromatic heterocycles. The molecule has 1 saturated heterocycles. The summed E-state index contributed by atoms with van der Waals surface area (Å²) in [5.41, 5.74) is 2.56. The Morgan fingerprint density at radius 3 is 2.30 bits per heavy atom. The molecule has 0 aliphatic carbocycles. The van der Waals surface area contributed by atoms with Gasteiger partial charge in [-0.25, -0.2) is 14.5 Å². The molecule has 1 heterocycles. The van der Waals surface area contributed by atoms with Crippen LogP contribution in [0, 0.1) is 13.8 Å². The summed E-state index contributed by atoms with van der Waals surface area (Å²) in [6.45, 7) is 3.69. The van der Waals surface area contributed by atoms with E-state index in [0.717, 1.165) is 16.0 Å². The van der Waals surface area contributed by atoms with Crippen LogP contribution in [0.1, 0.15) is 27.0 Å². The van der Waals surface area contributed by atoms with Crippen LogP contribution in [0.3, 0.4) is 0 Å². The van der Waals surface area contributed by atoms with Crippen LogP contribution in [-0.2, 0) is 9.59 Å². The Bertz CT molecular complexity index is 1330. The summed E-state index contributed by atoms with van der Waals surface area (Å²) in [5, 5.41) is 2.19. The summed E-state index contributed by atoms with van der Waals surface area (Å²) in [7, 11) is 0. The van der Waals surface area contributed by atoms with Gasteiger partial charge in [-0.05, 0) is 55.8 Å². The number of hydrogen-bond donors (Lipinski definition) is 1. The normalized spacial score (nSPS) is 14.9. The zero-order valence-electron chi connectivity index (χ0n) is 18.0. The SMILES string of the molecule is Cc1cccc(C(=O)Oc2ccccc2/C=C2/C(=O)NC(=O)N(c3cccc(C)c3)C2=O)c1. The maximum atomic E-state index is 13.1. The van der Waals surface area contributed by atoms with E-state index in [9.17, 15) is 19.2 Å². The van der Waals surface area contributed by atoms with Crippen molar-refractivity contribution in [3.05, 3.63) is 101 Å². The number of nitrogens with zero attached hydrogens (tertiary/aromatic N) is 1. The molecule has 0 unspecified atom stereocenters. The van der Waals surface area contributed by atoms with E-state index in [1.54, 1.807) is 60.7 Å². The fraction of sp³-hybridized carbons (Fsp3) is 0.0769. The minimum atomic E-state index is -0.827. The van der Waals surface area contributed by atoms with Crippen LogP contribution in [0.5, 0.6) is 5.75 Å². The highest BCUT2D eigenvalue weighted by Gasteiger charge is 2.37. The van der Waals surface area contributed by atoms with Gasteiger partial charge in [0.1, 0.15) is 11.3 Å². The number of imide groups is 2. The van der Waals surface area contributed by atoms with Gasteiger partial charge in [-0.1, -0.05) is 48.0 Å². The zero-order chi connectivity index (χ0) is 23.5. The van der Waals surface area contributed by atoms with E-state index in [1.165, 1.54) is 6.08 Å². The van der Waals surface area contributed by atoms with Crippen molar-refractivity contribution in [2.24, 2.45) is 0 Å². The first-order valence-corrected chi connectivity index (χ1v) is 10.2. The van der Waals surface area contributed by atoms with Crippen LogP contribution in [0.25, 0.3) is 6.08 Å². The monoisotopic (exact) mass is 440 g/mol. The smallest absolute Gasteiger partial charge is 0.343 e. The quantitative estimate of drug-likeness (QED) is 0.284. The largest absolute Gasteiger partial charge is 0.422 e. The number of esters is 1. The number of amides is 4.